The van der Waals surface area contributed by atoms with Crippen molar-refractivity contribution in [3.8, 4) is 0 Å². The number of esters is 3. The van der Waals surface area contributed by atoms with Gasteiger partial charge in [-0.2, -0.15) is 0 Å². The van der Waals surface area contributed by atoms with Gasteiger partial charge in [0.05, 0.1) is 31.2 Å². The van der Waals surface area contributed by atoms with E-state index in [1.807, 2.05) is 27.7 Å². The zero-order valence-electron chi connectivity index (χ0n) is 24.8. The number of allylic oxidation sites excluding steroid dienone is 1. The summed E-state index contributed by atoms with van der Waals surface area (Å²) in [7, 11) is 1.30. The summed E-state index contributed by atoms with van der Waals surface area (Å²) in [6.07, 6.45) is 5.37. The molecule has 0 radical (unpaired) electrons. The van der Waals surface area contributed by atoms with E-state index in [2.05, 4.69) is 0 Å². The van der Waals surface area contributed by atoms with Crippen LogP contribution in [-0.4, -0.2) is 47.6 Å². The average molecular weight is 569 g/mol. The molecule has 3 fully saturated rings. The van der Waals surface area contributed by atoms with Gasteiger partial charge in [0, 0.05) is 45.8 Å². The number of Topliss-reactive ketones (excluding diaryl/α,β-unsaturated/α-hetero) is 1. The highest BCUT2D eigenvalue weighted by Gasteiger charge is 2.74. The number of methoxy groups -OCH3 is 1. The van der Waals surface area contributed by atoms with Crippen LogP contribution in [0.4, 0.5) is 0 Å². The summed E-state index contributed by atoms with van der Waals surface area (Å²) in [5, 5.41) is 12.8. The number of hydrogen-bond acceptors (Lipinski definition) is 9. The minimum absolute atomic E-state index is 0.0138. The lowest BCUT2D eigenvalue weighted by molar-refractivity contribution is -0.234. The van der Waals surface area contributed by atoms with Crippen molar-refractivity contribution in [3.05, 3.63) is 47.5 Å². The lowest BCUT2D eigenvalue weighted by Gasteiger charge is -2.67. The van der Waals surface area contributed by atoms with Gasteiger partial charge in [-0.1, -0.05) is 33.8 Å². The number of carbonyl (C=O) groups excluding carboxylic acids is 4. The maximum absolute atomic E-state index is 14.5. The highest BCUT2D eigenvalue weighted by atomic mass is 16.6. The van der Waals surface area contributed by atoms with Crippen molar-refractivity contribution >= 4 is 23.7 Å². The molecular weight excluding hydrogens is 528 g/mol. The fourth-order valence-electron chi connectivity index (χ4n) is 8.80. The van der Waals surface area contributed by atoms with Gasteiger partial charge in [-0.05, 0) is 50.7 Å². The Morgan fingerprint density at radius 1 is 1.20 bits per heavy atom. The SMILES string of the molecule is C/C=C(\C)C(=O)O[C@H]1[C@H]2C[C@@]3(O)C4=CC(=O)O[C@H](c5ccoc5)[C@@]4(C)CC[C@H]3[C@](C)(C2=O)[C@H](CC(=O)OC)C1(C)C. The molecule has 1 N–H and O–H groups in total. The molecule has 2 heterocycles. The summed E-state index contributed by atoms with van der Waals surface area (Å²) in [5.74, 6) is -3.81. The number of fused-ring (bicyclic) bond motifs is 6. The van der Waals surface area contributed by atoms with Crippen LogP contribution in [0.25, 0.3) is 0 Å². The topological polar surface area (TPSA) is 129 Å². The first-order valence-corrected chi connectivity index (χ1v) is 14.3. The molecule has 9 nitrogen and oxygen atoms in total. The Morgan fingerprint density at radius 3 is 2.51 bits per heavy atom. The molecule has 41 heavy (non-hydrogen) atoms. The summed E-state index contributed by atoms with van der Waals surface area (Å²) in [6, 6.07) is 1.75. The lowest BCUT2D eigenvalue weighted by Crippen LogP contribution is -2.73. The van der Waals surface area contributed by atoms with Gasteiger partial charge in [-0.25, -0.2) is 9.59 Å². The van der Waals surface area contributed by atoms with E-state index < -0.39 is 69.7 Å². The number of aliphatic hydroxyl groups is 1. The molecule has 5 rings (SSSR count). The van der Waals surface area contributed by atoms with Gasteiger partial charge in [0.2, 0.25) is 0 Å². The van der Waals surface area contributed by atoms with E-state index in [0.29, 0.717) is 29.6 Å². The van der Waals surface area contributed by atoms with Gasteiger partial charge in [0.25, 0.3) is 0 Å². The van der Waals surface area contributed by atoms with E-state index in [-0.39, 0.29) is 18.6 Å². The van der Waals surface area contributed by atoms with Crippen molar-refractivity contribution in [2.75, 3.05) is 7.11 Å². The molecule has 2 bridgehead atoms. The fourth-order valence-corrected chi connectivity index (χ4v) is 8.80. The second-order valence-electron chi connectivity index (χ2n) is 13.3. The van der Waals surface area contributed by atoms with Crippen LogP contribution in [0.15, 0.2) is 46.3 Å². The Balaban J connectivity index is 1.68. The molecule has 0 saturated heterocycles. The van der Waals surface area contributed by atoms with E-state index in [1.165, 1.54) is 25.7 Å². The predicted molar refractivity (Wildman–Crippen MR) is 146 cm³/mol. The monoisotopic (exact) mass is 568 g/mol. The third-order valence-electron chi connectivity index (χ3n) is 11.0. The fraction of sp³-hybridized carbons (Fsp3) is 0.625. The van der Waals surface area contributed by atoms with Gasteiger partial charge in [0.15, 0.2) is 0 Å². The lowest BCUT2D eigenvalue weighted by atomic mass is 9.37. The molecule has 222 valence electrons. The molecule has 0 aromatic carbocycles. The summed E-state index contributed by atoms with van der Waals surface area (Å²) >= 11 is 0. The molecule has 0 amide bonds. The van der Waals surface area contributed by atoms with Crippen LogP contribution in [0.2, 0.25) is 0 Å². The van der Waals surface area contributed by atoms with Crippen molar-refractivity contribution in [3.63, 3.8) is 0 Å². The van der Waals surface area contributed by atoms with Gasteiger partial charge >= 0.3 is 17.9 Å². The normalized spacial score (nSPS) is 39.6. The van der Waals surface area contributed by atoms with Crippen molar-refractivity contribution in [1.82, 2.24) is 0 Å². The van der Waals surface area contributed by atoms with E-state index in [1.54, 1.807) is 26.0 Å². The smallest absolute Gasteiger partial charge is 0.333 e. The van der Waals surface area contributed by atoms with Crippen LogP contribution in [0.1, 0.15) is 78.9 Å². The largest absolute Gasteiger partial charge is 0.472 e. The van der Waals surface area contributed by atoms with E-state index in [4.69, 9.17) is 18.6 Å². The Kier molecular flexibility index (Phi) is 6.92. The predicted octanol–water partition coefficient (Wildman–Crippen LogP) is 4.64. The summed E-state index contributed by atoms with van der Waals surface area (Å²) < 4.78 is 22.2. The van der Waals surface area contributed by atoms with Crippen molar-refractivity contribution in [2.45, 2.75) is 85.0 Å². The van der Waals surface area contributed by atoms with Crippen LogP contribution < -0.4 is 0 Å². The summed E-state index contributed by atoms with van der Waals surface area (Å²) in [5.41, 5.74) is -2.75. The molecule has 1 aromatic heterocycles. The van der Waals surface area contributed by atoms with Crippen LogP contribution in [0.5, 0.6) is 0 Å². The van der Waals surface area contributed by atoms with E-state index in [0.717, 1.165) is 0 Å². The summed E-state index contributed by atoms with van der Waals surface area (Å²) in [4.78, 5) is 53.4. The standard InChI is InChI=1S/C32H40O9/c1-8-17(2)28(36)41-27-19-15-32(37)20(31(6,25(19)35)21(29(27,3)4)13-23(33)38-7)9-11-30(5)22(32)14-24(34)40-26(30)18-10-12-39-16-18/h8,10,12,14,16,19-21,26-27,37H,9,11,13,15H2,1-7H3/b17-8+/t19-,20-,21+,26+,27-,30-,31-,32-/m0/s1. The molecule has 3 aliphatic carbocycles. The minimum Gasteiger partial charge on any atom is -0.472 e. The van der Waals surface area contributed by atoms with Crippen LogP contribution in [0, 0.1) is 34.0 Å². The third kappa shape index (κ3) is 4.06. The third-order valence-corrected chi connectivity index (χ3v) is 11.0. The Labute approximate surface area is 240 Å². The number of furan rings is 1. The highest BCUT2D eigenvalue weighted by molar-refractivity contribution is 5.93. The maximum atomic E-state index is 14.5. The van der Waals surface area contributed by atoms with Crippen molar-refractivity contribution in [1.29, 1.82) is 0 Å². The molecule has 3 saturated carbocycles. The van der Waals surface area contributed by atoms with Gasteiger partial charge in [0.1, 0.15) is 18.0 Å². The molecule has 8 atom stereocenters. The Bertz CT molecular complexity index is 1340. The first kappa shape index (κ1) is 29.3. The van der Waals surface area contributed by atoms with Crippen molar-refractivity contribution in [2.24, 2.45) is 34.0 Å². The first-order chi connectivity index (χ1) is 19.2. The van der Waals surface area contributed by atoms with Crippen molar-refractivity contribution < 1.29 is 42.9 Å². The van der Waals surface area contributed by atoms with E-state index in [9.17, 15) is 24.3 Å². The van der Waals surface area contributed by atoms with Crippen LogP contribution >= 0.6 is 0 Å². The number of carbonyl (C=O) groups is 4. The second-order valence-corrected chi connectivity index (χ2v) is 13.3. The molecule has 0 unspecified atom stereocenters. The average Bonchev–Trinajstić information content (AvgIpc) is 3.46. The van der Waals surface area contributed by atoms with Gasteiger partial charge in [-0.3, -0.25) is 9.59 Å². The number of rotatable bonds is 5. The maximum Gasteiger partial charge on any atom is 0.333 e. The number of ketones is 1. The van der Waals surface area contributed by atoms with Gasteiger partial charge < -0.3 is 23.7 Å². The molecule has 1 aliphatic heterocycles. The van der Waals surface area contributed by atoms with E-state index >= 15 is 0 Å². The second kappa shape index (κ2) is 9.68. The Morgan fingerprint density at radius 2 is 1.90 bits per heavy atom. The van der Waals surface area contributed by atoms with Crippen LogP contribution in [-0.2, 0) is 33.4 Å². The quantitative estimate of drug-likeness (QED) is 0.307. The zero-order valence-corrected chi connectivity index (χ0v) is 24.8. The van der Waals surface area contributed by atoms with Gasteiger partial charge in [-0.15, -0.1) is 0 Å². The number of cyclic esters (lactones) is 1. The molecule has 4 aliphatic rings. The number of hydrogen-bond donors (Lipinski definition) is 1. The Hall–Kier alpha value is -3.20. The minimum atomic E-state index is -1.59. The zero-order chi connectivity index (χ0) is 30.1. The molecule has 1 aromatic rings. The van der Waals surface area contributed by atoms with Crippen LogP contribution in [0.3, 0.4) is 0 Å². The number of ether oxygens (including phenoxy) is 3. The summed E-state index contributed by atoms with van der Waals surface area (Å²) in [6.45, 7) is 11.0. The highest BCUT2D eigenvalue weighted by Crippen LogP contribution is 2.70. The first-order valence-electron chi connectivity index (χ1n) is 14.3. The molecule has 0 spiro atoms. The molecule has 9 heteroatoms. The molecular formula is C32H40O9.